The first kappa shape index (κ1) is 13.9. The molecule has 0 aliphatic carbocycles. The normalized spacial score (nSPS) is 9.60. The van der Waals surface area contributed by atoms with Crippen molar-refractivity contribution >= 4 is 5.91 Å². The average molecular weight is 211 g/mol. The van der Waals surface area contributed by atoms with Crippen molar-refractivity contribution in [3.05, 3.63) is 0 Å². The Morgan fingerprint density at radius 1 is 1.27 bits per heavy atom. The highest BCUT2D eigenvalue weighted by atomic mass is 16.1. The molecule has 0 bridgehead atoms. The standard InChI is InChI=1S/C11H21N3O/c1-2-3-4-5-8-13-10-11(15)14-9-6-7-12/h13H,2-6,8-10H2,1H3,(H,14,15). The van der Waals surface area contributed by atoms with Crippen LogP contribution in [-0.2, 0) is 4.79 Å². The zero-order chi connectivity index (χ0) is 11.4. The summed E-state index contributed by atoms with van der Waals surface area (Å²) < 4.78 is 0. The van der Waals surface area contributed by atoms with Gasteiger partial charge in [-0.2, -0.15) is 5.26 Å². The van der Waals surface area contributed by atoms with Crippen molar-refractivity contribution in [2.75, 3.05) is 19.6 Å². The number of rotatable bonds is 9. The summed E-state index contributed by atoms with van der Waals surface area (Å²) in [5.41, 5.74) is 0. The molecule has 86 valence electrons. The monoisotopic (exact) mass is 211 g/mol. The topological polar surface area (TPSA) is 64.9 Å². The van der Waals surface area contributed by atoms with Gasteiger partial charge in [-0.05, 0) is 13.0 Å². The molecule has 0 aliphatic heterocycles. The highest BCUT2D eigenvalue weighted by Gasteiger charge is 1.98. The third-order valence-corrected chi connectivity index (χ3v) is 2.05. The van der Waals surface area contributed by atoms with Crippen molar-refractivity contribution < 1.29 is 4.79 Å². The van der Waals surface area contributed by atoms with Gasteiger partial charge in [0.1, 0.15) is 0 Å². The molecule has 1 amide bonds. The number of hydrogen-bond acceptors (Lipinski definition) is 3. The molecule has 0 atom stereocenters. The Balaban J connectivity index is 3.14. The van der Waals surface area contributed by atoms with Crippen molar-refractivity contribution in [1.82, 2.24) is 10.6 Å². The van der Waals surface area contributed by atoms with Crippen molar-refractivity contribution in [1.29, 1.82) is 5.26 Å². The lowest BCUT2D eigenvalue weighted by molar-refractivity contribution is -0.120. The lowest BCUT2D eigenvalue weighted by Gasteiger charge is -2.04. The molecule has 0 heterocycles. The summed E-state index contributed by atoms with van der Waals surface area (Å²) in [4.78, 5) is 11.1. The van der Waals surface area contributed by atoms with Crippen molar-refractivity contribution in [2.24, 2.45) is 0 Å². The molecule has 4 nitrogen and oxygen atoms in total. The van der Waals surface area contributed by atoms with Crippen LogP contribution in [0.15, 0.2) is 0 Å². The number of nitriles is 1. The van der Waals surface area contributed by atoms with Gasteiger partial charge in [0.15, 0.2) is 0 Å². The van der Waals surface area contributed by atoms with E-state index in [1.807, 2.05) is 6.07 Å². The van der Waals surface area contributed by atoms with E-state index in [-0.39, 0.29) is 5.91 Å². The van der Waals surface area contributed by atoms with E-state index in [4.69, 9.17) is 5.26 Å². The fraction of sp³-hybridized carbons (Fsp3) is 0.818. The van der Waals surface area contributed by atoms with Crippen LogP contribution in [0.5, 0.6) is 0 Å². The number of nitrogens with one attached hydrogen (secondary N) is 2. The molecule has 0 aromatic heterocycles. The first-order valence-electron chi connectivity index (χ1n) is 5.65. The van der Waals surface area contributed by atoms with Crippen LogP contribution >= 0.6 is 0 Å². The van der Waals surface area contributed by atoms with E-state index in [0.29, 0.717) is 19.5 Å². The van der Waals surface area contributed by atoms with Crippen LogP contribution in [0.25, 0.3) is 0 Å². The Bertz CT molecular complexity index is 198. The van der Waals surface area contributed by atoms with E-state index in [0.717, 1.165) is 13.0 Å². The lowest BCUT2D eigenvalue weighted by atomic mass is 10.2. The first-order valence-corrected chi connectivity index (χ1v) is 5.65. The number of nitrogens with zero attached hydrogens (tertiary/aromatic N) is 1. The first-order chi connectivity index (χ1) is 7.31. The molecule has 0 aliphatic rings. The van der Waals surface area contributed by atoms with Crippen LogP contribution in [0.3, 0.4) is 0 Å². The van der Waals surface area contributed by atoms with Crippen LogP contribution < -0.4 is 10.6 Å². The predicted octanol–water partition coefficient (Wildman–Crippen LogP) is 1.19. The number of amides is 1. The van der Waals surface area contributed by atoms with Gasteiger partial charge in [0.25, 0.3) is 0 Å². The zero-order valence-electron chi connectivity index (χ0n) is 9.51. The molecule has 0 aromatic carbocycles. The Morgan fingerprint density at radius 2 is 2.07 bits per heavy atom. The Labute approximate surface area is 92.0 Å². The third-order valence-electron chi connectivity index (χ3n) is 2.05. The van der Waals surface area contributed by atoms with Crippen LogP contribution in [0.1, 0.15) is 39.0 Å². The summed E-state index contributed by atoms with van der Waals surface area (Å²) in [6.07, 6.45) is 5.21. The van der Waals surface area contributed by atoms with E-state index in [9.17, 15) is 4.79 Å². The number of hydrogen-bond donors (Lipinski definition) is 2. The number of unbranched alkanes of at least 4 members (excludes halogenated alkanes) is 3. The SMILES string of the molecule is CCCCCCNCC(=O)NCCC#N. The van der Waals surface area contributed by atoms with E-state index < -0.39 is 0 Å². The molecule has 0 fully saturated rings. The molecule has 0 unspecified atom stereocenters. The summed E-state index contributed by atoms with van der Waals surface area (Å²) >= 11 is 0. The maximum atomic E-state index is 11.1. The number of carbonyl (C=O) groups is 1. The molecule has 0 spiro atoms. The fourth-order valence-electron chi connectivity index (χ4n) is 1.20. The second kappa shape index (κ2) is 11.0. The van der Waals surface area contributed by atoms with E-state index in [1.165, 1.54) is 19.3 Å². The van der Waals surface area contributed by atoms with Crippen LogP contribution in [-0.4, -0.2) is 25.5 Å². The summed E-state index contributed by atoms with van der Waals surface area (Å²) in [6.45, 7) is 3.88. The highest BCUT2D eigenvalue weighted by Crippen LogP contribution is 1.96. The quantitative estimate of drug-likeness (QED) is 0.563. The van der Waals surface area contributed by atoms with E-state index in [2.05, 4.69) is 17.6 Å². The van der Waals surface area contributed by atoms with Crippen LogP contribution in [0.4, 0.5) is 0 Å². The summed E-state index contributed by atoms with van der Waals surface area (Å²) in [5.74, 6) is -0.0271. The molecule has 4 heteroatoms. The van der Waals surface area contributed by atoms with Gasteiger partial charge < -0.3 is 10.6 Å². The molecule has 0 aromatic rings. The molecule has 0 rings (SSSR count). The number of carbonyl (C=O) groups excluding carboxylic acids is 1. The Kier molecular flexibility index (Phi) is 10.2. The summed E-state index contributed by atoms with van der Waals surface area (Å²) in [6, 6.07) is 1.98. The minimum Gasteiger partial charge on any atom is -0.354 e. The predicted molar refractivity (Wildman–Crippen MR) is 60.3 cm³/mol. The molecule has 15 heavy (non-hydrogen) atoms. The third kappa shape index (κ3) is 10.8. The minimum absolute atomic E-state index is 0.0271. The molecule has 0 saturated carbocycles. The smallest absolute Gasteiger partial charge is 0.233 e. The van der Waals surface area contributed by atoms with E-state index >= 15 is 0 Å². The Hall–Kier alpha value is -1.08. The lowest BCUT2D eigenvalue weighted by Crippen LogP contribution is -2.34. The van der Waals surface area contributed by atoms with E-state index in [1.54, 1.807) is 0 Å². The molecule has 2 N–H and O–H groups in total. The Morgan fingerprint density at radius 3 is 2.73 bits per heavy atom. The van der Waals surface area contributed by atoms with Gasteiger partial charge in [0.2, 0.25) is 5.91 Å². The van der Waals surface area contributed by atoms with Gasteiger partial charge in [-0.1, -0.05) is 26.2 Å². The van der Waals surface area contributed by atoms with Gasteiger partial charge in [0, 0.05) is 6.54 Å². The largest absolute Gasteiger partial charge is 0.354 e. The van der Waals surface area contributed by atoms with Crippen molar-refractivity contribution in [2.45, 2.75) is 39.0 Å². The van der Waals surface area contributed by atoms with Gasteiger partial charge in [-0.15, -0.1) is 0 Å². The van der Waals surface area contributed by atoms with Gasteiger partial charge in [-0.25, -0.2) is 0 Å². The fourth-order valence-corrected chi connectivity index (χ4v) is 1.20. The van der Waals surface area contributed by atoms with Gasteiger partial charge >= 0.3 is 0 Å². The maximum Gasteiger partial charge on any atom is 0.233 e. The molecular formula is C11H21N3O. The van der Waals surface area contributed by atoms with Crippen molar-refractivity contribution in [3.8, 4) is 6.07 Å². The molecule has 0 radical (unpaired) electrons. The van der Waals surface area contributed by atoms with Crippen LogP contribution in [0.2, 0.25) is 0 Å². The van der Waals surface area contributed by atoms with Crippen molar-refractivity contribution in [3.63, 3.8) is 0 Å². The highest BCUT2D eigenvalue weighted by molar-refractivity contribution is 5.77. The summed E-state index contributed by atoms with van der Waals surface area (Å²) in [7, 11) is 0. The molecule has 0 saturated heterocycles. The van der Waals surface area contributed by atoms with Gasteiger partial charge in [-0.3, -0.25) is 4.79 Å². The molecular weight excluding hydrogens is 190 g/mol. The zero-order valence-corrected chi connectivity index (χ0v) is 9.51. The minimum atomic E-state index is -0.0271. The second-order valence-corrected chi connectivity index (χ2v) is 3.50. The van der Waals surface area contributed by atoms with Crippen LogP contribution in [0, 0.1) is 11.3 Å². The average Bonchev–Trinajstić information content (AvgIpc) is 2.23. The second-order valence-electron chi connectivity index (χ2n) is 3.50. The van der Waals surface area contributed by atoms with Gasteiger partial charge in [0.05, 0.1) is 19.0 Å². The summed E-state index contributed by atoms with van der Waals surface area (Å²) in [5, 5.41) is 14.0. The maximum absolute atomic E-state index is 11.1.